The molecule has 0 aromatic heterocycles. The van der Waals surface area contributed by atoms with Gasteiger partial charge in [0, 0.05) is 5.02 Å². The predicted octanol–water partition coefficient (Wildman–Crippen LogP) is 4.27. The minimum atomic E-state index is -0.421. The highest BCUT2D eigenvalue weighted by molar-refractivity contribution is 6.30. The van der Waals surface area contributed by atoms with Crippen LogP contribution in [0.25, 0.3) is 0 Å². The molecule has 1 aliphatic carbocycles. The SMILES string of the molecule is COc1ccc(C(C)NC(=O)C2(c3ccc(Cl)cc3)CC2)cc1OC. The highest BCUT2D eigenvalue weighted by Crippen LogP contribution is 2.49. The Kier molecular flexibility index (Phi) is 4.91. The van der Waals surface area contributed by atoms with Gasteiger partial charge in [0.1, 0.15) is 0 Å². The number of hydrogen-bond donors (Lipinski definition) is 1. The lowest BCUT2D eigenvalue weighted by Crippen LogP contribution is -2.36. The monoisotopic (exact) mass is 359 g/mol. The molecule has 1 atom stereocenters. The van der Waals surface area contributed by atoms with E-state index in [1.54, 1.807) is 14.2 Å². The van der Waals surface area contributed by atoms with Gasteiger partial charge < -0.3 is 14.8 Å². The number of hydrogen-bond acceptors (Lipinski definition) is 3. The van der Waals surface area contributed by atoms with E-state index in [0.717, 1.165) is 24.0 Å². The van der Waals surface area contributed by atoms with Crippen molar-refractivity contribution in [1.82, 2.24) is 5.32 Å². The number of amides is 1. The molecule has 4 nitrogen and oxygen atoms in total. The molecule has 3 rings (SSSR count). The molecular formula is C20H22ClNO3. The number of halogens is 1. The third kappa shape index (κ3) is 3.45. The Labute approximate surface area is 153 Å². The van der Waals surface area contributed by atoms with Gasteiger partial charge in [-0.15, -0.1) is 0 Å². The molecule has 0 spiro atoms. The van der Waals surface area contributed by atoms with Crippen LogP contribution < -0.4 is 14.8 Å². The second kappa shape index (κ2) is 6.96. The molecule has 25 heavy (non-hydrogen) atoms. The van der Waals surface area contributed by atoms with Gasteiger partial charge >= 0.3 is 0 Å². The Morgan fingerprint density at radius 1 is 1.08 bits per heavy atom. The predicted molar refractivity (Wildman–Crippen MR) is 98.5 cm³/mol. The van der Waals surface area contributed by atoms with E-state index in [9.17, 15) is 4.79 Å². The number of benzene rings is 2. The molecule has 0 radical (unpaired) electrons. The summed E-state index contributed by atoms with van der Waals surface area (Å²) in [5, 5.41) is 3.81. The first kappa shape index (κ1) is 17.6. The van der Waals surface area contributed by atoms with Crippen molar-refractivity contribution in [3.8, 4) is 11.5 Å². The van der Waals surface area contributed by atoms with Crippen molar-refractivity contribution in [2.75, 3.05) is 14.2 Å². The molecule has 1 fully saturated rings. The van der Waals surface area contributed by atoms with Gasteiger partial charge in [0.2, 0.25) is 5.91 Å². The summed E-state index contributed by atoms with van der Waals surface area (Å²) in [6, 6.07) is 13.1. The summed E-state index contributed by atoms with van der Waals surface area (Å²) in [4.78, 5) is 12.9. The highest BCUT2D eigenvalue weighted by atomic mass is 35.5. The first-order chi connectivity index (χ1) is 12.0. The molecular weight excluding hydrogens is 338 g/mol. The van der Waals surface area contributed by atoms with Crippen molar-refractivity contribution in [2.24, 2.45) is 0 Å². The zero-order chi connectivity index (χ0) is 18.0. The Hall–Kier alpha value is -2.20. The fourth-order valence-corrected chi connectivity index (χ4v) is 3.21. The summed E-state index contributed by atoms with van der Waals surface area (Å²) < 4.78 is 10.6. The molecule has 1 aliphatic rings. The summed E-state index contributed by atoms with van der Waals surface area (Å²) in [7, 11) is 3.20. The quantitative estimate of drug-likeness (QED) is 0.838. The van der Waals surface area contributed by atoms with E-state index < -0.39 is 5.41 Å². The topological polar surface area (TPSA) is 47.6 Å². The molecule has 1 N–H and O–H groups in total. The summed E-state index contributed by atoms with van der Waals surface area (Å²) in [6.45, 7) is 1.97. The number of carbonyl (C=O) groups excluding carboxylic acids is 1. The zero-order valence-corrected chi connectivity index (χ0v) is 15.4. The van der Waals surface area contributed by atoms with Crippen molar-refractivity contribution < 1.29 is 14.3 Å². The summed E-state index contributed by atoms with van der Waals surface area (Å²) in [5.41, 5.74) is 1.57. The van der Waals surface area contributed by atoms with E-state index in [1.807, 2.05) is 49.4 Å². The minimum Gasteiger partial charge on any atom is -0.493 e. The van der Waals surface area contributed by atoms with Crippen LogP contribution in [0.4, 0.5) is 0 Å². The number of carbonyl (C=O) groups is 1. The van der Waals surface area contributed by atoms with Crippen molar-refractivity contribution >= 4 is 17.5 Å². The zero-order valence-electron chi connectivity index (χ0n) is 14.6. The van der Waals surface area contributed by atoms with Crippen LogP contribution in [0.15, 0.2) is 42.5 Å². The smallest absolute Gasteiger partial charge is 0.231 e. The summed E-state index contributed by atoms with van der Waals surface area (Å²) >= 11 is 5.96. The second-order valence-electron chi connectivity index (χ2n) is 6.40. The number of ether oxygens (including phenoxy) is 2. The van der Waals surface area contributed by atoms with Crippen LogP contribution in [0.1, 0.15) is 36.9 Å². The van der Waals surface area contributed by atoms with Gasteiger partial charge in [-0.2, -0.15) is 0 Å². The van der Waals surface area contributed by atoms with Crippen LogP contribution >= 0.6 is 11.6 Å². The lowest BCUT2D eigenvalue weighted by Gasteiger charge is -2.21. The van der Waals surface area contributed by atoms with Gasteiger partial charge in [0.15, 0.2) is 11.5 Å². The molecule has 1 unspecified atom stereocenters. The Bertz CT molecular complexity index is 769. The molecule has 1 saturated carbocycles. The number of methoxy groups -OCH3 is 2. The van der Waals surface area contributed by atoms with Gasteiger partial charge in [-0.05, 0) is 55.2 Å². The average Bonchev–Trinajstić information content (AvgIpc) is 3.43. The van der Waals surface area contributed by atoms with E-state index in [0.29, 0.717) is 16.5 Å². The standard InChI is InChI=1S/C20H22ClNO3/c1-13(14-4-9-17(24-2)18(12-14)25-3)22-19(23)20(10-11-20)15-5-7-16(21)8-6-15/h4-9,12-13H,10-11H2,1-3H3,(H,22,23). The normalized spacial score (nSPS) is 16.0. The molecule has 132 valence electrons. The molecule has 2 aromatic rings. The molecule has 2 aromatic carbocycles. The van der Waals surface area contributed by atoms with Gasteiger partial charge in [0.25, 0.3) is 0 Å². The Morgan fingerprint density at radius 2 is 1.72 bits per heavy atom. The lowest BCUT2D eigenvalue weighted by atomic mass is 9.94. The van der Waals surface area contributed by atoms with Crippen molar-refractivity contribution in [2.45, 2.75) is 31.2 Å². The fourth-order valence-electron chi connectivity index (χ4n) is 3.08. The maximum Gasteiger partial charge on any atom is 0.231 e. The van der Waals surface area contributed by atoms with Gasteiger partial charge in [-0.1, -0.05) is 29.8 Å². The van der Waals surface area contributed by atoms with Gasteiger partial charge in [-0.25, -0.2) is 0 Å². The molecule has 0 aliphatic heterocycles. The van der Waals surface area contributed by atoms with E-state index in [-0.39, 0.29) is 11.9 Å². The summed E-state index contributed by atoms with van der Waals surface area (Å²) in [6.07, 6.45) is 1.72. The van der Waals surface area contributed by atoms with Crippen molar-refractivity contribution in [3.63, 3.8) is 0 Å². The number of rotatable bonds is 6. The third-order valence-corrected chi connectivity index (χ3v) is 5.09. The van der Waals surface area contributed by atoms with E-state index in [2.05, 4.69) is 5.32 Å². The third-order valence-electron chi connectivity index (χ3n) is 4.84. The average molecular weight is 360 g/mol. The van der Waals surface area contributed by atoms with E-state index in [4.69, 9.17) is 21.1 Å². The van der Waals surface area contributed by atoms with Crippen molar-refractivity contribution in [1.29, 1.82) is 0 Å². The second-order valence-corrected chi connectivity index (χ2v) is 6.84. The minimum absolute atomic E-state index is 0.0529. The molecule has 5 heteroatoms. The molecule has 1 amide bonds. The maximum absolute atomic E-state index is 12.9. The van der Waals surface area contributed by atoms with Crippen LogP contribution in [0, 0.1) is 0 Å². The van der Waals surface area contributed by atoms with Crippen molar-refractivity contribution in [3.05, 3.63) is 58.6 Å². The Balaban J connectivity index is 1.75. The van der Waals surface area contributed by atoms with Crippen LogP contribution in [0.5, 0.6) is 11.5 Å². The summed E-state index contributed by atoms with van der Waals surface area (Å²) in [5.74, 6) is 1.38. The van der Waals surface area contributed by atoms with Crippen LogP contribution in [0.3, 0.4) is 0 Å². The molecule has 0 heterocycles. The highest BCUT2D eigenvalue weighted by Gasteiger charge is 2.51. The lowest BCUT2D eigenvalue weighted by molar-refractivity contribution is -0.124. The van der Waals surface area contributed by atoms with E-state index >= 15 is 0 Å². The first-order valence-electron chi connectivity index (χ1n) is 8.29. The van der Waals surface area contributed by atoms with E-state index in [1.165, 1.54) is 0 Å². The van der Waals surface area contributed by atoms with Gasteiger partial charge in [0.05, 0.1) is 25.7 Å². The van der Waals surface area contributed by atoms with Crippen LogP contribution in [-0.4, -0.2) is 20.1 Å². The van der Waals surface area contributed by atoms with Crippen LogP contribution in [-0.2, 0) is 10.2 Å². The first-order valence-corrected chi connectivity index (χ1v) is 8.67. The molecule has 0 saturated heterocycles. The largest absolute Gasteiger partial charge is 0.493 e. The van der Waals surface area contributed by atoms with Crippen LogP contribution in [0.2, 0.25) is 5.02 Å². The van der Waals surface area contributed by atoms with Gasteiger partial charge in [-0.3, -0.25) is 4.79 Å². The molecule has 0 bridgehead atoms. The maximum atomic E-state index is 12.9. The fraction of sp³-hybridized carbons (Fsp3) is 0.350. The Morgan fingerprint density at radius 3 is 2.28 bits per heavy atom. The number of nitrogens with one attached hydrogen (secondary N) is 1.